The summed E-state index contributed by atoms with van der Waals surface area (Å²) in [6.45, 7) is 4.43. The van der Waals surface area contributed by atoms with E-state index in [0.29, 0.717) is 57.2 Å². The zero-order valence-corrected chi connectivity index (χ0v) is 21.4. The van der Waals surface area contributed by atoms with Crippen molar-refractivity contribution in [2.75, 3.05) is 33.1 Å². The van der Waals surface area contributed by atoms with Gasteiger partial charge in [-0.1, -0.05) is 30.0 Å². The molecule has 1 fully saturated rings. The molecule has 8 nitrogen and oxygen atoms in total. The molecule has 3 rings (SSSR count). The van der Waals surface area contributed by atoms with E-state index in [1.165, 1.54) is 21.2 Å². The van der Waals surface area contributed by atoms with Gasteiger partial charge >= 0.3 is 0 Å². The molecule has 178 valence electrons. The number of pyridine rings is 1. The number of rotatable bonds is 8. The number of nitrogens with one attached hydrogen (secondary N) is 1. The van der Waals surface area contributed by atoms with Crippen LogP contribution in [-0.4, -0.2) is 47.5 Å². The van der Waals surface area contributed by atoms with E-state index in [1.807, 2.05) is 31.2 Å². The lowest BCUT2D eigenvalue weighted by atomic mass is 10.0. The van der Waals surface area contributed by atoms with E-state index in [9.17, 15) is 14.9 Å². The number of methoxy groups -OCH3 is 2. The minimum Gasteiger partial charge on any atom is -0.493 e. The molecular weight excluding hydrogens is 472 g/mol. The molecule has 0 atom stereocenters. The minimum absolute atomic E-state index is 0.0607. The zero-order chi connectivity index (χ0) is 25.0. The number of ether oxygens (including phenoxy) is 2. The molecule has 1 saturated heterocycles. The molecule has 0 aliphatic carbocycles. The van der Waals surface area contributed by atoms with Crippen LogP contribution in [0.3, 0.4) is 0 Å². The first-order chi connectivity index (χ1) is 16.3. The average molecular weight is 499 g/mol. The van der Waals surface area contributed by atoms with Crippen LogP contribution in [0.1, 0.15) is 29.2 Å². The predicted molar refractivity (Wildman–Crippen MR) is 139 cm³/mol. The molecule has 1 N–H and O–H groups in total. The summed E-state index contributed by atoms with van der Waals surface area (Å²) in [5.41, 5.74) is 1.86. The van der Waals surface area contributed by atoms with E-state index < -0.39 is 0 Å². The lowest BCUT2D eigenvalue weighted by Gasteiger charge is -2.19. The third kappa shape index (κ3) is 4.81. The summed E-state index contributed by atoms with van der Waals surface area (Å²) in [5.74, 6) is 1.64. The maximum absolute atomic E-state index is 13.0. The van der Waals surface area contributed by atoms with E-state index in [0.717, 1.165) is 5.56 Å². The molecule has 1 amide bonds. The van der Waals surface area contributed by atoms with Gasteiger partial charge in [0, 0.05) is 25.7 Å². The van der Waals surface area contributed by atoms with Gasteiger partial charge in [0.25, 0.3) is 11.5 Å². The van der Waals surface area contributed by atoms with E-state index in [4.69, 9.17) is 21.7 Å². The number of carbonyl (C=O) groups is 1. The molecule has 0 spiro atoms. The Labute approximate surface area is 208 Å². The minimum atomic E-state index is -0.365. The Bertz CT molecular complexity index is 1280. The second kappa shape index (κ2) is 10.8. The molecule has 1 aliphatic heterocycles. The fourth-order valence-corrected chi connectivity index (χ4v) is 4.85. The maximum Gasteiger partial charge on any atom is 0.270 e. The van der Waals surface area contributed by atoms with Gasteiger partial charge in [-0.2, -0.15) is 5.26 Å². The largest absolute Gasteiger partial charge is 0.493 e. The SMILES string of the molecule is CCn1c(NCCc2ccc(OC)c(OC)c2)c(/C=C2/SC(=S)N(C)C2=O)c(C)c(C#N)c1=O. The molecule has 0 bridgehead atoms. The summed E-state index contributed by atoms with van der Waals surface area (Å²) in [6, 6.07) is 7.73. The fourth-order valence-electron chi connectivity index (χ4n) is 3.69. The molecule has 10 heteroatoms. The number of benzene rings is 1. The van der Waals surface area contributed by atoms with Gasteiger partial charge in [0.05, 0.1) is 19.1 Å². The monoisotopic (exact) mass is 498 g/mol. The number of amides is 1. The maximum atomic E-state index is 13.0. The molecule has 34 heavy (non-hydrogen) atoms. The number of aromatic nitrogens is 1. The van der Waals surface area contributed by atoms with Crippen molar-refractivity contribution in [2.45, 2.75) is 26.8 Å². The second-order valence-electron chi connectivity index (χ2n) is 7.53. The highest BCUT2D eigenvalue weighted by atomic mass is 32.2. The van der Waals surface area contributed by atoms with Crippen molar-refractivity contribution in [3.63, 3.8) is 0 Å². The van der Waals surface area contributed by atoms with E-state index in [2.05, 4.69) is 5.32 Å². The van der Waals surface area contributed by atoms with Crippen molar-refractivity contribution >= 4 is 46.1 Å². The molecule has 2 heterocycles. The highest BCUT2D eigenvalue weighted by Crippen LogP contribution is 2.34. The molecule has 2 aromatic rings. The topological polar surface area (TPSA) is 96.6 Å². The number of thioether (sulfide) groups is 1. The number of anilines is 1. The number of hydrogen-bond acceptors (Lipinski definition) is 8. The Morgan fingerprint density at radius 1 is 1.24 bits per heavy atom. The first-order valence-corrected chi connectivity index (χ1v) is 11.8. The molecular formula is C24H26N4O4S2. The Morgan fingerprint density at radius 3 is 2.50 bits per heavy atom. The number of likely N-dealkylation sites (N-methyl/N-ethyl adjacent to an activating group) is 1. The van der Waals surface area contributed by atoms with Crippen LogP contribution >= 0.6 is 24.0 Å². The number of nitrogens with zero attached hydrogens (tertiary/aromatic N) is 3. The van der Waals surface area contributed by atoms with Crippen LogP contribution in [0.25, 0.3) is 6.08 Å². The highest BCUT2D eigenvalue weighted by Gasteiger charge is 2.30. The third-order valence-corrected chi connectivity index (χ3v) is 7.09. The van der Waals surface area contributed by atoms with Gasteiger partial charge in [0.15, 0.2) is 11.5 Å². The van der Waals surface area contributed by atoms with Gasteiger partial charge in [0.2, 0.25) is 0 Å². The van der Waals surface area contributed by atoms with Gasteiger partial charge in [-0.25, -0.2) is 0 Å². The Balaban J connectivity index is 2.01. The van der Waals surface area contributed by atoms with Crippen molar-refractivity contribution in [1.82, 2.24) is 9.47 Å². The van der Waals surface area contributed by atoms with Crippen molar-refractivity contribution in [3.8, 4) is 17.6 Å². The molecule has 1 aromatic carbocycles. The van der Waals surface area contributed by atoms with Gasteiger partial charge in [-0.15, -0.1) is 0 Å². The Kier molecular flexibility index (Phi) is 8.02. The fraction of sp³-hybridized carbons (Fsp3) is 0.333. The van der Waals surface area contributed by atoms with Crippen LogP contribution in [0.4, 0.5) is 5.82 Å². The Morgan fingerprint density at radius 2 is 1.94 bits per heavy atom. The summed E-state index contributed by atoms with van der Waals surface area (Å²) >= 11 is 6.44. The third-order valence-electron chi connectivity index (χ3n) is 5.61. The molecule has 0 unspecified atom stereocenters. The van der Waals surface area contributed by atoms with E-state index in [1.54, 1.807) is 34.3 Å². The summed E-state index contributed by atoms with van der Waals surface area (Å²) in [4.78, 5) is 27.4. The highest BCUT2D eigenvalue weighted by molar-refractivity contribution is 8.26. The van der Waals surface area contributed by atoms with Crippen LogP contribution in [0.5, 0.6) is 11.5 Å². The smallest absolute Gasteiger partial charge is 0.270 e. The van der Waals surface area contributed by atoms with Crippen LogP contribution < -0.4 is 20.3 Å². The van der Waals surface area contributed by atoms with Crippen molar-refractivity contribution in [3.05, 3.63) is 55.7 Å². The summed E-state index contributed by atoms with van der Waals surface area (Å²) < 4.78 is 12.7. The van der Waals surface area contributed by atoms with Crippen LogP contribution in [0.2, 0.25) is 0 Å². The predicted octanol–water partition coefficient (Wildman–Crippen LogP) is 3.55. The number of nitriles is 1. The van der Waals surface area contributed by atoms with Crippen molar-refractivity contribution in [1.29, 1.82) is 5.26 Å². The Hall–Kier alpha value is -3.29. The van der Waals surface area contributed by atoms with Crippen LogP contribution in [0, 0.1) is 18.3 Å². The van der Waals surface area contributed by atoms with Crippen LogP contribution in [-0.2, 0) is 17.8 Å². The molecule has 0 saturated carbocycles. The number of carbonyl (C=O) groups excluding carboxylic acids is 1. The molecule has 1 aliphatic rings. The normalized spacial score (nSPS) is 14.5. The summed E-state index contributed by atoms with van der Waals surface area (Å²) in [7, 11) is 4.80. The van der Waals surface area contributed by atoms with E-state index in [-0.39, 0.29) is 17.0 Å². The lowest BCUT2D eigenvalue weighted by Crippen LogP contribution is -2.28. The van der Waals surface area contributed by atoms with Crippen LogP contribution in [0.15, 0.2) is 27.9 Å². The zero-order valence-electron chi connectivity index (χ0n) is 19.7. The second-order valence-corrected chi connectivity index (χ2v) is 9.21. The summed E-state index contributed by atoms with van der Waals surface area (Å²) in [6.07, 6.45) is 2.36. The first-order valence-electron chi connectivity index (χ1n) is 10.6. The number of hydrogen-bond donors (Lipinski definition) is 1. The van der Waals surface area contributed by atoms with Gasteiger partial charge < -0.3 is 14.8 Å². The van der Waals surface area contributed by atoms with Gasteiger partial charge in [-0.3, -0.25) is 19.1 Å². The van der Waals surface area contributed by atoms with Gasteiger partial charge in [-0.05, 0) is 49.6 Å². The summed E-state index contributed by atoms with van der Waals surface area (Å²) in [5, 5.41) is 13.0. The first kappa shape index (κ1) is 25.3. The standard InChI is InChI=1S/C24H26N4O4S2/c1-6-28-21(26-10-9-15-7-8-18(31-4)19(11-15)32-5)16(14(2)17(13-25)22(28)29)12-20-23(30)27(3)24(33)34-20/h7-8,11-12,26H,6,9-10H2,1-5H3/b20-12+. The molecule has 1 aromatic heterocycles. The van der Waals surface area contributed by atoms with Gasteiger partial charge in [0.1, 0.15) is 21.8 Å². The quantitative estimate of drug-likeness (QED) is 0.436. The average Bonchev–Trinajstić information content (AvgIpc) is 3.08. The van der Waals surface area contributed by atoms with Crippen molar-refractivity contribution in [2.24, 2.45) is 0 Å². The lowest BCUT2D eigenvalue weighted by molar-refractivity contribution is -0.121. The van der Waals surface area contributed by atoms with E-state index >= 15 is 0 Å². The van der Waals surface area contributed by atoms with Crippen molar-refractivity contribution < 1.29 is 14.3 Å². The number of thiocarbonyl (C=S) groups is 1. The molecule has 0 radical (unpaired) electrons.